The number of rotatable bonds is 5. The minimum Gasteiger partial charge on any atom is -0.497 e. The van der Waals surface area contributed by atoms with Gasteiger partial charge in [-0.3, -0.25) is 9.69 Å². The highest BCUT2D eigenvalue weighted by molar-refractivity contribution is 5.85. The lowest BCUT2D eigenvalue weighted by molar-refractivity contribution is -0.127. The molecular weight excluding hydrogens is 338 g/mol. The van der Waals surface area contributed by atoms with Gasteiger partial charge in [-0.1, -0.05) is 0 Å². The highest BCUT2D eigenvalue weighted by Gasteiger charge is 2.27. The highest BCUT2D eigenvalue weighted by Crippen LogP contribution is 2.28. The molecule has 3 rings (SSSR count). The summed E-state index contributed by atoms with van der Waals surface area (Å²) in [4.78, 5) is 14.9. The number of nitrogens with zero attached hydrogens (tertiary/aromatic N) is 2. The fraction of sp³-hybridized carbons (Fsp3) is 0.591. The predicted molar refractivity (Wildman–Crippen MR) is 110 cm³/mol. The molecule has 0 aliphatic carbocycles. The summed E-state index contributed by atoms with van der Waals surface area (Å²) in [5, 5.41) is 4.39. The van der Waals surface area contributed by atoms with Crippen molar-refractivity contribution in [2.75, 3.05) is 20.2 Å². The minimum atomic E-state index is -0.157. The summed E-state index contributed by atoms with van der Waals surface area (Å²) in [7, 11) is 1.71. The Morgan fingerprint density at radius 3 is 2.56 bits per heavy atom. The van der Waals surface area contributed by atoms with Gasteiger partial charge in [0, 0.05) is 41.6 Å². The summed E-state index contributed by atoms with van der Waals surface area (Å²) >= 11 is 0. The lowest BCUT2D eigenvalue weighted by Crippen LogP contribution is -2.46. The van der Waals surface area contributed by atoms with E-state index < -0.39 is 0 Å². The maximum absolute atomic E-state index is 12.4. The molecule has 5 heteroatoms. The van der Waals surface area contributed by atoms with Crippen LogP contribution in [0.5, 0.6) is 5.75 Å². The van der Waals surface area contributed by atoms with Crippen LogP contribution in [0.2, 0.25) is 0 Å². The number of benzene rings is 1. The molecule has 0 bridgehead atoms. The standard InChI is InChI=1S/C22H33N3O2/c1-6-25-15-17(19-13-18(27-5)7-8-20(19)25)14-24-11-9-16(10-12-24)21(26)23-22(2,3)4/h7-8,13,15-16H,6,9-12,14H2,1-5H3,(H,23,26). The van der Waals surface area contributed by atoms with E-state index in [0.29, 0.717) is 0 Å². The summed E-state index contributed by atoms with van der Waals surface area (Å²) in [5.41, 5.74) is 2.44. The van der Waals surface area contributed by atoms with E-state index in [1.54, 1.807) is 7.11 Å². The zero-order valence-corrected chi connectivity index (χ0v) is 17.3. The molecule has 2 heterocycles. The molecule has 1 saturated heterocycles. The summed E-state index contributed by atoms with van der Waals surface area (Å²) in [5.74, 6) is 1.24. The largest absolute Gasteiger partial charge is 0.497 e. The van der Waals surface area contributed by atoms with Gasteiger partial charge in [-0.2, -0.15) is 0 Å². The van der Waals surface area contributed by atoms with Crippen molar-refractivity contribution in [3.05, 3.63) is 30.0 Å². The van der Waals surface area contributed by atoms with Crippen molar-refractivity contribution in [3.8, 4) is 5.75 Å². The lowest BCUT2D eigenvalue weighted by Gasteiger charge is -2.33. The normalized spacial score (nSPS) is 16.6. The zero-order valence-electron chi connectivity index (χ0n) is 17.3. The maximum Gasteiger partial charge on any atom is 0.223 e. The number of amides is 1. The number of carbonyl (C=O) groups excluding carboxylic acids is 1. The number of likely N-dealkylation sites (tertiary alicyclic amines) is 1. The van der Waals surface area contributed by atoms with Crippen LogP contribution in [0.3, 0.4) is 0 Å². The van der Waals surface area contributed by atoms with Crippen molar-refractivity contribution in [2.45, 2.75) is 59.2 Å². The zero-order chi connectivity index (χ0) is 19.6. The highest BCUT2D eigenvalue weighted by atomic mass is 16.5. The first-order chi connectivity index (χ1) is 12.8. The average Bonchev–Trinajstić information content (AvgIpc) is 2.97. The van der Waals surface area contributed by atoms with Gasteiger partial charge in [0.15, 0.2) is 0 Å². The fourth-order valence-electron chi connectivity index (χ4n) is 3.93. The molecule has 0 spiro atoms. The van der Waals surface area contributed by atoms with Gasteiger partial charge >= 0.3 is 0 Å². The van der Waals surface area contributed by atoms with Crippen LogP contribution in [-0.2, 0) is 17.9 Å². The number of hydrogen-bond acceptors (Lipinski definition) is 3. The molecule has 0 saturated carbocycles. The van der Waals surface area contributed by atoms with E-state index in [2.05, 4.69) is 40.0 Å². The number of piperidine rings is 1. The number of methoxy groups -OCH3 is 1. The van der Waals surface area contributed by atoms with Crippen LogP contribution in [0, 0.1) is 5.92 Å². The maximum atomic E-state index is 12.4. The van der Waals surface area contributed by atoms with Crippen molar-refractivity contribution in [3.63, 3.8) is 0 Å². The fourth-order valence-corrected chi connectivity index (χ4v) is 3.93. The Morgan fingerprint density at radius 2 is 1.96 bits per heavy atom. The van der Waals surface area contributed by atoms with Crippen molar-refractivity contribution >= 4 is 16.8 Å². The molecule has 27 heavy (non-hydrogen) atoms. The summed E-state index contributed by atoms with van der Waals surface area (Å²) in [6, 6.07) is 6.31. The molecule has 1 N–H and O–H groups in total. The second-order valence-corrected chi connectivity index (χ2v) is 8.61. The van der Waals surface area contributed by atoms with Gasteiger partial charge in [-0.05, 0) is 77.4 Å². The van der Waals surface area contributed by atoms with E-state index >= 15 is 0 Å². The third-order valence-electron chi connectivity index (χ3n) is 5.36. The first kappa shape index (κ1) is 19.7. The van der Waals surface area contributed by atoms with Gasteiger partial charge in [0.2, 0.25) is 5.91 Å². The Labute approximate surface area is 162 Å². The van der Waals surface area contributed by atoms with Crippen LogP contribution >= 0.6 is 0 Å². The van der Waals surface area contributed by atoms with Crippen molar-refractivity contribution in [1.82, 2.24) is 14.8 Å². The summed E-state index contributed by atoms with van der Waals surface area (Å²) in [6.45, 7) is 12.1. The predicted octanol–water partition coefficient (Wildman–Crippen LogP) is 3.80. The van der Waals surface area contributed by atoms with E-state index in [9.17, 15) is 4.79 Å². The number of carbonyl (C=O) groups is 1. The Hall–Kier alpha value is -2.01. The molecule has 1 aliphatic heterocycles. The molecule has 1 amide bonds. The smallest absolute Gasteiger partial charge is 0.223 e. The monoisotopic (exact) mass is 371 g/mol. The van der Waals surface area contributed by atoms with Crippen LogP contribution in [-0.4, -0.2) is 41.1 Å². The average molecular weight is 372 g/mol. The molecule has 5 nitrogen and oxygen atoms in total. The lowest BCUT2D eigenvalue weighted by atomic mass is 9.94. The number of ether oxygens (including phenoxy) is 1. The number of nitrogens with one attached hydrogen (secondary N) is 1. The number of fused-ring (bicyclic) bond motifs is 1. The molecule has 0 atom stereocenters. The van der Waals surface area contributed by atoms with Crippen molar-refractivity contribution in [1.29, 1.82) is 0 Å². The van der Waals surface area contributed by atoms with Crippen molar-refractivity contribution < 1.29 is 9.53 Å². The topological polar surface area (TPSA) is 46.5 Å². The summed E-state index contributed by atoms with van der Waals surface area (Å²) < 4.78 is 7.72. The molecule has 0 radical (unpaired) electrons. The van der Waals surface area contributed by atoms with Crippen LogP contribution in [0.4, 0.5) is 0 Å². The Balaban J connectivity index is 1.68. The number of aromatic nitrogens is 1. The first-order valence-electron chi connectivity index (χ1n) is 10.0. The van der Waals surface area contributed by atoms with Gasteiger partial charge in [-0.25, -0.2) is 0 Å². The second kappa shape index (κ2) is 7.93. The molecule has 148 valence electrons. The van der Waals surface area contributed by atoms with Gasteiger partial charge in [0.25, 0.3) is 0 Å². The molecule has 0 unspecified atom stereocenters. The second-order valence-electron chi connectivity index (χ2n) is 8.61. The summed E-state index contributed by atoms with van der Waals surface area (Å²) in [6.07, 6.45) is 4.12. The SMILES string of the molecule is CCn1cc(CN2CCC(C(=O)NC(C)(C)C)CC2)c2cc(OC)ccc21. The van der Waals surface area contributed by atoms with E-state index in [-0.39, 0.29) is 17.4 Å². The Kier molecular flexibility index (Phi) is 5.80. The molecule has 1 aromatic carbocycles. The number of hydrogen-bond donors (Lipinski definition) is 1. The van der Waals surface area contributed by atoms with Crippen molar-refractivity contribution in [2.24, 2.45) is 5.92 Å². The molecule has 1 aliphatic rings. The van der Waals surface area contributed by atoms with Gasteiger partial charge < -0.3 is 14.6 Å². The molecular formula is C22H33N3O2. The first-order valence-corrected chi connectivity index (χ1v) is 10.0. The third-order valence-corrected chi connectivity index (χ3v) is 5.36. The third kappa shape index (κ3) is 4.64. The number of aryl methyl sites for hydroxylation is 1. The van der Waals surface area contributed by atoms with E-state index in [1.165, 1.54) is 16.5 Å². The van der Waals surface area contributed by atoms with Crippen LogP contribution < -0.4 is 10.1 Å². The minimum absolute atomic E-state index is 0.137. The van der Waals surface area contributed by atoms with Gasteiger partial charge in [0.1, 0.15) is 5.75 Å². The van der Waals surface area contributed by atoms with Crippen LogP contribution in [0.15, 0.2) is 24.4 Å². The molecule has 2 aromatic rings. The van der Waals surface area contributed by atoms with E-state index in [0.717, 1.165) is 44.8 Å². The van der Waals surface area contributed by atoms with Gasteiger partial charge in [0.05, 0.1) is 7.11 Å². The van der Waals surface area contributed by atoms with E-state index in [1.807, 2.05) is 26.8 Å². The van der Waals surface area contributed by atoms with Crippen LogP contribution in [0.25, 0.3) is 10.9 Å². The quantitative estimate of drug-likeness (QED) is 0.870. The van der Waals surface area contributed by atoms with Gasteiger partial charge in [-0.15, -0.1) is 0 Å². The molecule has 1 fully saturated rings. The Morgan fingerprint density at radius 1 is 1.26 bits per heavy atom. The van der Waals surface area contributed by atoms with E-state index in [4.69, 9.17) is 4.74 Å². The Bertz CT molecular complexity index is 796. The molecule has 1 aromatic heterocycles. The van der Waals surface area contributed by atoms with Crippen LogP contribution in [0.1, 0.15) is 46.1 Å².